The molecule has 1 aliphatic heterocycles. The first-order valence-corrected chi connectivity index (χ1v) is 24.7. The van der Waals surface area contributed by atoms with E-state index in [0.717, 1.165) is 83.6 Å². The Kier molecular flexibility index (Phi) is 11.8. The Hall–Kier alpha value is -7.90. The Bertz CT molecular complexity index is 3480. The Morgan fingerprint density at radius 2 is 0.817 bits per heavy atom. The molecule has 8 heteroatoms. The molecule has 0 spiro atoms. The first-order valence-electron chi connectivity index (χ1n) is 23.9. The number of aryl methyl sites for hydroxylation is 1. The van der Waals surface area contributed by atoms with Gasteiger partial charge in [-0.25, -0.2) is 9.97 Å². The van der Waals surface area contributed by atoms with E-state index in [4.69, 9.17) is 33.2 Å². The van der Waals surface area contributed by atoms with E-state index < -0.39 is 0 Å². The van der Waals surface area contributed by atoms with Crippen molar-refractivity contribution in [2.75, 3.05) is 9.80 Å². The summed E-state index contributed by atoms with van der Waals surface area (Å²) in [4.78, 5) is 43.9. The number of benzene rings is 8. The zero-order chi connectivity index (χ0) is 49.1. The molecule has 11 rings (SSSR count). The van der Waals surface area contributed by atoms with Crippen molar-refractivity contribution >= 4 is 68.8 Å². The zero-order valence-electron chi connectivity index (χ0n) is 39.9. The molecule has 346 valence electrons. The summed E-state index contributed by atoms with van der Waals surface area (Å²) in [6.45, 7) is 11.0. The molecule has 1 aliphatic carbocycles. The van der Waals surface area contributed by atoms with Gasteiger partial charge >= 0.3 is 0 Å². The second kappa shape index (κ2) is 18.4. The number of hydrogen-bond donors (Lipinski definition) is 0. The highest BCUT2D eigenvalue weighted by molar-refractivity contribution is 6.39. The predicted octanol–water partition coefficient (Wildman–Crippen LogP) is 17.3. The fourth-order valence-electron chi connectivity index (χ4n) is 9.97. The molecule has 2 heterocycles. The van der Waals surface area contributed by atoms with E-state index in [9.17, 15) is 9.59 Å². The molecule has 0 fully saturated rings. The molecule has 0 amide bonds. The summed E-state index contributed by atoms with van der Waals surface area (Å²) in [5.74, 6) is 1.52. The lowest BCUT2D eigenvalue weighted by atomic mass is 9.91. The molecule has 8 aromatic carbocycles. The minimum absolute atomic E-state index is 0.0989. The smallest absolute Gasteiger partial charge is 0.197 e. The van der Waals surface area contributed by atoms with Gasteiger partial charge in [0, 0.05) is 32.3 Å². The fraction of sp³-hybridized carbons (Fsp3) is 0.111. The van der Waals surface area contributed by atoms with Gasteiger partial charge in [-0.15, -0.1) is 0 Å². The van der Waals surface area contributed by atoms with Gasteiger partial charge in [0.05, 0.1) is 28.0 Å². The van der Waals surface area contributed by atoms with Crippen molar-refractivity contribution in [3.05, 3.63) is 237 Å². The van der Waals surface area contributed by atoms with Crippen molar-refractivity contribution in [3.8, 4) is 44.5 Å². The summed E-state index contributed by atoms with van der Waals surface area (Å²) >= 11 is 12.6. The Balaban J connectivity index is 1.23. The maximum Gasteiger partial charge on any atom is 0.197 e. The average Bonchev–Trinajstić information content (AvgIpc) is 3.82. The molecular weight excluding hydrogens is 916 g/mol. The van der Waals surface area contributed by atoms with Crippen molar-refractivity contribution in [2.45, 2.75) is 46.5 Å². The van der Waals surface area contributed by atoms with Crippen LogP contribution in [0.25, 0.3) is 55.5 Å². The molecular formula is C63H48Cl2N4O2. The van der Waals surface area contributed by atoms with Crippen LogP contribution in [0.4, 0.5) is 23.0 Å². The van der Waals surface area contributed by atoms with Crippen LogP contribution in [0, 0.1) is 6.92 Å². The molecule has 2 aliphatic rings. The summed E-state index contributed by atoms with van der Waals surface area (Å²) in [5, 5.41) is 1.36. The van der Waals surface area contributed by atoms with E-state index in [1.165, 1.54) is 0 Å². The largest absolute Gasteiger partial charge is 0.288 e. The average molecular weight is 964 g/mol. The number of para-hydroxylation sites is 3. The molecule has 0 atom stereocenters. The number of carbonyl (C=O) groups excluding carboxylic acids is 2. The van der Waals surface area contributed by atoms with Gasteiger partial charge in [0.25, 0.3) is 0 Å². The molecule has 71 heavy (non-hydrogen) atoms. The zero-order valence-corrected chi connectivity index (χ0v) is 41.4. The lowest BCUT2D eigenvalue weighted by Crippen LogP contribution is -2.25. The first-order chi connectivity index (χ1) is 34.4. The van der Waals surface area contributed by atoms with Gasteiger partial charge in [-0.2, -0.15) is 0 Å². The van der Waals surface area contributed by atoms with E-state index >= 15 is 0 Å². The second-order valence-electron chi connectivity index (χ2n) is 18.8. The number of halogens is 2. The van der Waals surface area contributed by atoms with Gasteiger partial charge in [0.15, 0.2) is 23.2 Å². The molecule has 0 saturated heterocycles. The highest BCUT2D eigenvalue weighted by Crippen LogP contribution is 2.56. The second-order valence-corrected chi connectivity index (χ2v) is 19.7. The number of anilines is 4. The Labute approximate surface area is 424 Å². The number of nitrogens with zero attached hydrogens (tertiary/aromatic N) is 4. The highest BCUT2D eigenvalue weighted by atomic mass is 35.5. The van der Waals surface area contributed by atoms with Crippen molar-refractivity contribution in [1.29, 1.82) is 0 Å². The number of rotatable bonds is 9. The minimum atomic E-state index is -0.304. The molecule has 0 unspecified atom stereocenters. The van der Waals surface area contributed by atoms with Crippen LogP contribution < -0.4 is 9.80 Å². The van der Waals surface area contributed by atoms with Gasteiger partial charge in [0.1, 0.15) is 5.82 Å². The summed E-state index contributed by atoms with van der Waals surface area (Å²) in [6, 6.07) is 59.0. The highest BCUT2D eigenvalue weighted by Gasteiger charge is 2.42. The molecule has 0 N–H and O–H groups in total. The van der Waals surface area contributed by atoms with Crippen molar-refractivity contribution in [3.63, 3.8) is 0 Å². The van der Waals surface area contributed by atoms with Crippen LogP contribution >= 0.6 is 23.2 Å². The molecule has 6 nitrogen and oxygen atoms in total. The Morgan fingerprint density at radius 1 is 0.437 bits per heavy atom. The SMILES string of the molecule is Cc1cc(-c2ccc(-c3ccc(Cl)cc3)cc2)c(N2/C(=C/C=C3C(=O)c4ccccc4C3=O)N(c3c(C(C)C)cccc3C(C)C)c3nc4ccccc4nc32)c(-c2ccc(-c3ccc(Cl)cc3)cc2)c1. The normalized spacial score (nSPS) is 13.8. The number of allylic oxidation sites excluding steroid dienone is 3. The van der Waals surface area contributed by atoms with E-state index in [2.05, 4.69) is 123 Å². The lowest BCUT2D eigenvalue weighted by Gasteiger charge is -2.32. The van der Waals surface area contributed by atoms with Gasteiger partial charge in [-0.05, 0) is 130 Å². The predicted molar refractivity (Wildman–Crippen MR) is 293 cm³/mol. The molecule has 0 saturated carbocycles. The minimum Gasteiger partial charge on any atom is -0.288 e. The van der Waals surface area contributed by atoms with Crippen LogP contribution in [0.3, 0.4) is 0 Å². The maximum absolute atomic E-state index is 14.2. The van der Waals surface area contributed by atoms with Crippen LogP contribution in [-0.2, 0) is 0 Å². The van der Waals surface area contributed by atoms with Crippen LogP contribution in [0.5, 0.6) is 0 Å². The van der Waals surface area contributed by atoms with Gasteiger partial charge in [-0.1, -0.05) is 178 Å². The topological polar surface area (TPSA) is 66.4 Å². The van der Waals surface area contributed by atoms with Crippen molar-refractivity contribution < 1.29 is 9.59 Å². The summed E-state index contributed by atoms with van der Waals surface area (Å²) in [6.07, 6.45) is 3.63. The number of hydrogen-bond acceptors (Lipinski definition) is 6. The van der Waals surface area contributed by atoms with Gasteiger partial charge in [-0.3, -0.25) is 19.4 Å². The molecule has 0 bridgehead atoms. The fourth-order valence-corrected chi connectivity index (χ4v) is 10.2. The first kappa shape index (κ1) is 45.5. The van der Waals surface area contributed by atoms with Crippen LogP contribution in [0.2, 0.25) is 10.0 Å². The number of ketones is 2. The van der Waals surface area contributed by atoms with Gasteiger partial charge in [0.2, 0.25) is 0 Å². The van der Waals surface area contributed by atoms with E-state index in [-0.39, 0.29) is 29.0 Å². The maximum atomic E-state index is 14.2. The van der Waals surface area contributed by atoms with Crippen molar-refractivity contribution in [1.82, 2.24) is 9.97 Å². The monoisotopic (exact) mass is 962 g/mol. The van der Waals surface area contributed by atoms with E-state index in [0.29, 0.717) is 38.6 Å². The summed E-state index contributed by atoms with van der Waals surface area (Å²) < 4.78 is 0. The number of aromatic nitrogens is 2. The van der Waals surface area contributed by atoms with E-state index in [1.54, 1.807) is 30.3 Å². The number of Topliss-reactive ketones (excluding diaryl/α,β-unsaturated/α-hetero) is 2. The lowest BCUT2D eigenvalue weighted by molar-refractivity contribution is 0.0988. The molecule has 9 aromatic rings. The number of fused-ring (bicyclic) bond motifs is 3. The number of carbonyl (C=O) groups is 2. The van der Waals surface area contributed by atoms with Gasteiger partial charge < -0.3 is 0 Å². The van der Waals surface area contributed by atoms with E-state index in [1.807, 2.05) is 78.9 Å². The Morgan fingerprint density at radius 3 is 1.24 bits per heavy atom. The van der Waals surface area contributed by atoms with Crippen molar-refractivity contribution in [2.24, 2.45) is 0 Å². The summed E-state index contributed by atoms with van der Waals surface area (Å²) in [5.41, 5.74) is 15.6. The molecule has 0 radical (unpaired) electrons. The molecule has 1 aromatic heterocycles. The quantitative estimate of drug-likeness (QED) is 0.106. The van der Waals surface area contributed by atoms with Crippen LogP contribution in [-0.4, -0.2) is 21.5 Å². The third-order valence-corrected chi connectivity index (χ3v) is 14.0. The summed E-state index contributed by atoms with van der Waals surface area (Å²) in [7, 11) is 0. The third-order valence-electron chi connectivity index (χ3n) is 13.5. The third kappa shape index (κ3) is 8.23. The van der Waals surface area contributed by atoms with Crippen LogP contribution in [0.1, 0.15) is 76.9 Å². The standard InChI is InChI=1S/C63H48Cl2N4O2/c1-37(2)48-13-10-14-49(38(3)4)58(48)68-57(34-33-52-60(70)50-11-6-7-12-51(50)61(52)71)69(63-62(68)66-55-15-8-9-16-56(55)67-63)59-53(44-21-17-40(18-22-44)42-25-29-46(64)30-26-42)35-39(5)36-54(59)45-23-19-41(20-24-45)43-27-31-47(65)32-28-43/h6-38H,1-5H3/b57-34+. The van der Waals surface area contributed by atoms with Crippen LogP contribution in [0.15, 0.2) is 199 Å².